The summed E-state index contributed by atoms with van der Waals surface area (Å²) in [5.74, 6) is 0.566. The van der Waals surface area contributed by atoms with Crippen LogP contribution in [-0.2, 0) is 16.9 Å². The second-order valence-corrected chi connectivity index (χ2v) is 8.34. The van der Waals surface area contributed by atoms with Gasteiger partial charge in [-0.15, -0.1) is 0 Å². The molecule has 0 spiro atoms. The minimum absolute atomic E-state index is 0.109. The molecule has 34 heavy (non-hydrogen) atoms. The lowest BCUT2D eigenvalue weighted by atomic mass is 9.95. The van der Waals surface area contributed by atoms with Gasteiger partial charge >= 0.3 is 6.03 Å². The molecule has 0 saturated carbocycles. The van der Waals surface area contributed by atoms with Gasteiger partial charge in [-0.3, -0.25) is 24.9 Å². The molecule has 2 aromatic heterocycles. The van der Waals surface area contributed by atoms with Crippen LogP contribution >= 0.6 is 0 Å². The normalized spacial score (nSPS) is 21.4. The lowest BCUT2D eigenvalue weighted by Gasteiger charge is -2.29. The number of pyridine rings is 1. The predicted octanol–water partition coefficient (Wildman–Crippen LogP) is 0.877. The summed E-state index contributed by atoms with van der Waals surface area (Å²) in [6.45, 7) is 1.53. The molecule has 5 heterocycles. The highest BCUT2D eigenvalue weighted by atomic mass is 16.5. The zero-order valence-electron chi connectivity index (χ0n) is 18.2. The van der Waals surface area contributed by atoms with Gasteiger partial charge in [0.15, 0.2) is 5.54 Å². The first kappa shape index (κ1) is 20.2. The standard InChI is InChI=1S/C23H20N6O5/c1-33-13-3-2-12-10-29(20(30)14(12)8-13)11-23(21(31)27-22(32)28-23)17-9-15-16(34-17)4-5-24-18(15)19-25-6-7-26-19/h2-5,8-9H,6-7,10-11H2,1H3,(H,25,26)(H2,27,28,31,32). The highest BCUT2D eigenvalue weighted by Gasteiger charge is 2.53. The molecule has 0 radical (unpaired) electrons. The topological polar surface area (TPSA) is 138 Å². The summed E-state index contributed by atoms with van der Waals surface area (Å²) in [6, 6.07) is 7.98. The molecule has 1 aromatic carbocycles. The molecule has 3 aliphatic rings. The molecule has 1 unspecified atom stereocenters. The Morgan fingerprint density at radius 1 is 1.21 bits per heavy atom. The van der Waals surface area contributed by atoms with Gasteiger partial charge in [0.2, 0.25) is 0 Å². The third-order valence-corrected chi connectivity index (χ3v) is 6.33. The smallest absolute Gasteiger partial charge is 0.322 e. The van der Waals surface area contributed by atoms with Crippen LogP contribution in [0.25, 0.3) is 11.0 Å². The molecule has 0 aliphatic carbocycles. The maximum absolute atomic E-state index is 13.2. The van der Waals surface area contributed by atoms with Gasteiger partial charge in [-0.05, 0) is 29.8 Å². The summed E-state index contributed by atoms with van der Waals surface area (Å²) >= 11 is 0. The van der Waals surface area contributed by atoms with Gasteiger partial charge in [0.25, 0.3) is 11.8 Å². The predicted molar refractivity (Wildman–Crippen MR) is 120 cm³/mol. The number of fused-ring (bicyclic) bond motifs is 2. The van der Waals surface area contributed by atoms with Crippen LogP contribution in [0.3, 0.4) is 0 Å². The number of carbonyl (C=O) groups excluding carboxylic acids is 3. The number of carbonyl (C=O) groups is 3. The van der Waals surface area contributed by atoms with E-state index in [1.54, 1.807) is 30.5 Å². The maximum Gasteiger partial charge on any atom is 0.322 e. The van der Waals surface area contributed by atoms with E-state index >= 15 is 0 Å². The summed E-state index contributed by atoms with van der Waals surface area (Å²) in [5.41, 5.74) is 0.806. The molecule has 0 bridgehead atoms. The average molecular weight is 460 g/mol. The van der Waals surface area contributed by atoms with Crippen LogP contribution < -0.4 is 20.7 Å². The quantitative estimate of drug-likeness (QED) is 0.481. The minimum atomic E-state index is -1.60. The molecular weight excluding hydrogens is 440 g/mol. The van der Waals surface area contributed by atoms with Gasteiger partial charge in [0, 0.05) is 24.8 Å². The Hall–Kier alpha value is -4.41. The first-order valence-corrected chi connectivity index (χ1v) is 10.8. The molecule has 1 atom stereocenters. The van der Waals surface area contributed by atoms with Gasteiger partial charge in [-0.2, -0.15) is 0 Å². The number of furan rings is 1. The average Bonchev–Trinajstić information content (AvgIpc) is 3.61. The first-order chi connectivity index (χ1) is 16.5. The number of urea groups is 1. The van der Waals surface area contributed by atoms with Crippen molar-refractivity contribution < 1.29 is 23.5 Å². The summed E-state index contributed by atoms with van der Waals surface area (Å²) in [5, 5.41) is 8.83. The lowest BCUT2D eigenvalue weighted by Crippen LogP contribution is -2.52. The number of aromatic nitrogens is 1. The van der Waals surface area contributed by atoms with E-state index in [1.807, 2.05) is 6.07 Å². The number of amides is 4. The zero-order valence-corrected chi connectivity index (χ0v) is 18.2. The molecule has 3 aliphatic heterocycles. The highest BCUT2D eigenvalue weighted by molar-refractivity contribution is 6.10. The van der Waals surface area contributed by atoms with Gasteiger partial charge in [0.05, 0.1) is 25.6 Å². The van der Waals surface area contributed by atoms with Crippen molar-refractivity contribution in [1.82, 2.24) is 25.8 Å². The van der Waals surface area contributed by atoms with Crippen molar-refractivity contribution in [2.24, 2.45) is 4.99 Å². The minimum Gasteiger partial charge on any atom is -0.497 e. The number of nitrogens with zero attached hydrogens (tertiary/aromatic N) is 3. The number of ether oxygens (including phenoxy) is 1. The zero-order chi connectivity index (χ0) is 23.4. The fourth-order valence-corrected chi connectivity index (χ4v) is 4.65. The van der Waals surface area contributed by atoms with Crippen LogP contribution in [0, 0.1) is 0 Å². The van der Waals surface area contributed by atoms with Gasteiger partial charge in [-0.1, -0.05) is 6.07 Å². The van der Waals surface area contributed by atoms with Crippen LogP contribution in [0.1, 0.15) is 27.4 Å². The Labute approximate surface area is 193 Å². The molecule has 1 saturated heterocycles. The van der Waals surface area contributed by atoms with Crippen LogP contribution in [0.4, 0.5) is 4.79 Å². The van der Waals surface area contributed by atoms with Crippen molar-refractivity contribution in [2.45, 2.75) is 12.1 Å². The van der Waals surface area contributed by atoms with Crippen molar-refractivity contribution in [3.63, 3.8) is 0 Å². The molecule has 3 N–H and O–H groups in total. The van der Waals surface area contributed by atoms with Gasteiger partial charge in [0.1, 0.15) is 28.6 Å². The second-order valence-electron chi connectivity index (χ2n) is 8.34. The monoisotopic (exact) mass is 460 g/mol. The number of amidine groups is 1. The number of aliphatic imine (C=N–C) groups is 1. The van der Waals surface area contributed by atoms with E-state index in [0.29, 0.717) is 46.9 Å². The number of benzene rings is 1. The van der Waals surface area contributed by atoms with Crippen LogP contribution in [0.2, 0.25) is 0 Å². The second kappa shape index (κ2) is 7.30. The van der Waals surface area contributed by atoms with Crippen LogP contribution in [0.15, 0.2) is 45.9 Å². The number of imide groups is 1. The Kier molecular flexibility index (Phi) is 4.34. The summed E-state index contributed by atoms with van der Waals surface area (Å²) in [7, 11) is 1.53. The molecule has 11 nitrogen and oxygen atoms in total. The third kappa shape index (κ3) is 2.93. The Morgan fingerprint density at radius 3 is 2.82 bits per heavy atom. The lowest BCUT2D eigenvalue weighted by molar-refractivity contribution is -0.125. The van der Waals surface area contributed by atoms with Crippen molar-refractivity contribution in [3.8, 4) is 5.75 Å². The molecule has 3 aromatic rings. The summed E-state index contributed by atoms with van der Waals surface area (Å²) in [4.78, 5) is 48.9. The number of rotatable bonds is 5. The van der Waals surface area contributed by atoms with E-state index < -0.39 is 17.5 Å². The van der Waals surface area contributed by atoms with Crippen LogP contribution in [0.5, 0.6) is 5.75 Å². The van der Waals surface area contributed by atoms with Crippen LogP contribution in [-0.4, -0.2) is 60.3 Å². The van der Waals surface area contributed by atoms with Crippen molar-refractivity contribution in [2.75, 3.05) is 26.7 Å². The van der Waals surface area contributed by atoms with Crippen molar-refractivity contribution >= 4 is 34.7 Å². The number of nitrogens with one attached hydrogen (secondary N) is 3. The Bertz CT molecular complexity index is 1410. The Balaban J connectivity index is 1.41. The molecule has 11 heteroatoms. The molecule has 1 fully saturated rings. The SMILES string of the molecule is COc1ccc2c(c1)C(=O)N(CC1(c3cc4c(C5=NCCN5)nccc4o3)NC(=O)NC1=O)C2. The molecule has 6 rings (SSSR count). The fourth-order valence-electron chi connectivity index (χ4n) is 4.65. The van der Waals surface area contributed by atoms with E-state index in [-0.39, 0.29) is 24.8 Å². The van der Waals surface area contributed by atoms with Gasteiger partial charge < -0.3 is 24.7 Å². The summed E-state index contributed by atoms with van der Waals surface area (Å²) < 4.78 is 11.3. The van der Waals surface area contributed by atoms with E-state index in [9.17, 15) is 14.4 Å². The largest absolute Gasteiger partial charge is 0.497 e. The Morgan fingerprint density at radius 2 is 2.09 bits per heavy atom. The van der Waals surface area contributed by atoms with Crippen molar-refractivity contribution in [1.29, 1.82) is 0 Å². The van der Waals surface area contributed by atoms with E-state index in [1.165, 1.54) is 12.0 Å². The molecule has 172 valence electrons. The maximum atomic E-state index is 13.2. The van der Waals surface area contributed by atoms with Crippen molar-refractivity contribution in [3.05, 3.63) is 59.1 Å². The van der Waals surface area contributed by atoms with E-state index in [0.717, 1.165) is 5.56 Å². The number of hydrogen-bond acceptors (Lipinski definition) is 8. The summed E-state index contributed by atoms with van der Waals surface area (Å²) in [6.07, 6.45) is 1.60. The number of hydrogen-bond donors (Lipinski definition) is 3. The van der Waals surface area contributed by atoms with E-state index in [4.69, 9.17) is 9.15 Å². The molecular formula is C23H20N6O5. The number of methoxy groups -OCH3 is 1. The molecule has 4 amide bonds. The van der Waals surface area contributed by atoms with Gasteiger partial charge in [-0.25, -0.2) is 4.79 Å². The van der Waals surface area contributed by atoms with E-state index in [2.05, 4.69) is 25.9 Å². The third-order valence-electron chi connectivity index (χ3n) is 6.33. The first-order valence-electron chi connectivity index (χ1n) is 10.8. The highest BCUT2D eigenvalue weighted by Crippen LogP contribution is 2.35. The fraction of sp³-hybridized carbons (Fsp3) is 0.261.